The predicted molar refractivity (Wildman–Crippen MR) is 87.1 cm³/mol. The first kappa shape index (κ1) is 14.1. The maximum atomic E-state index is 4.44. The van der Waals surface area contributed by atoms with Crippen LogP contribution in [0.4, 0.5) is 5.69 Å². The Hall–Kier alpha value is -1.90. The molecular formula is C18H23N3. The van der Waals surface area contributed by atoms with Gasteiger partial charge in [-0.2, -0.15) is 0 Å². The van der Waals surface area contributed by atoms with Gasteiger partial charge in [0.25, 0.3) is 0 Å². The van der Waals surface area contributed by atoms with Gasteiger partial charge in [0.2, 0.25) is 0 Å². The summed E-state index contributed by atoms with van der Waals surface area (Å²) in [5.41, 5.74) is 2.08. The van der Waals surface area contributed by atoms with E-state index in [1.54, 1.807) is 0 Å². The summed E-state index contributed by atoms with van der Waals surface area (Å²) in [6.07, 6.45) is 12.1. The van der Waals surface area contributed by atoms with Gasteiger partial charge in [-0.25, -0.2) is 9.97 Å². The van der Waals surface area contributed by atoms with Crippen molar-refractivity contribution < 1.29 is 0 Å². The average molecular weight is 281 g/mol. The topological polar surface area (TPSA) is 37.8 Å². The summed E-state index contributed by atoms with van der Waals surface area (Å²) in [4.78, 5) is 8.88. The Morgan fingerprint density at radius 3 is 2.38 bits per heavy atom. The van der Waals surface area contributed by atoms with E-state index in [0.717, 1.165) is 29.5 Å². The largest absolute Gasteiger partial charge is 0.383 e. The summed E-state index contributed by atoms with van der Waals surface area (Å²) in [6, 6.07) is 10.1. The Bertz CT molecular complexity index is 530. The summed E-state index contributed by atoms with van der Waals surface area (Å²) in [6.45, 7) is 1.03. The molecule has 1 fully saturated rings. The van der Waals surface area contributed by atoms with Crippen molar-refractivity contribution in [2.24, 2.45) is 5.92 Å². The van der Waals surface area contributed by atoms with Crippen LogP contribution in [-0.4, -0.2) is 16.5 Å². The first-order chi connectivity index (χ1) is 10.4. The molecule has 3 heteroatoms. The molecule has 1 aliphatic carbocycles. The van der Waals surface area contributed by atoms with Crippen LogP contribution in [0.25, 0.3) is 11.4 Å². The molecule has 0 bridgehead atoms. The van der Waals surface area contributed by atoms with Gasteiger partial charge in [-0.1, -0.05) is 62.4 Å². The molecule has 21 heavy (non-hydrogen) atoms. The van der Waals surface area contributed by atoms with Crippen molar-refractivity contribution in [3.63, 3.8) is 0 Å². The Balaban J connectivity index is 1.50. The summed E-state index contributed by atoms with van der Waals surface area (Å²) < 4.78 is 0. The molecule has 110 valence electrons. The average Bonchev–Trinajstić information content (AvgIpc) is 2.57. The number of aromatic nitrogens is 2. The van der Waals surface area contributed by atoms with Crippen molar-refractivity contribution in [1.82, 2.24) is 9.97 Å². The van der Waals surface area contributed by atoms with Gasteiger partial charge in [-0.05, 0) is 12.3 Å². The van der Waals surface area contributed by atoms with Gasteiger partial charge in [0.15, 0.2) is 5.82 Å². The molecule has 0 saturated heterocycles. The van der Waals surface area contributed by atoms with Crippen LogP contribution < -0.4 is 5.32 Å². The standard InChI is InChI=1S/C18H23N3/c1-3-7-15(8-4-1)11-12-19-17-13-20-18(21-14-17)16-9-5-2-6-10-16/h2,5-6,9-10,13-15,19H,1,3-4,7-8,11-12H2. The molecule has 0 unspecified atom stereocenters. The van der Waals surface area contributed by atoms with Gasteiger partial charge in [0, 0.05) is 12.1 Å². The van der Waals surface area contributed by atoms with E-state index >= 15 is 0 Å². The molecule has 3 rings (SSSR count). The molecule has 1 saturated carbocycles. The van der Waals surface area contributed by atoms with E-state index in [1.807, 2.05) is 42.7 Å². The van der Waals surface area contributed by atoms with Crippen molar-refractivity contribution in [1.29, 1.82) is 0 Å². The lowest BCUT2D eigenvalue weighted by atomic mass is 9.87. The van der Waals surface area contributed by atoms with Crippen LogP contribution in [0.2, 0.25) is 0 Å². The maximum absolute atomic E-state index is 4.44. The summed E-state index contributed by atoms with van der Waals surface area (Å²) >= 11 is 0. The van der Waals surface area contributed by atoms with Gasteiger partial charge in [-0.3, -0.25) is 0 Å². The lowest BCUT2D eigenvalue weighted by molar-refractivity contribution is 0.345. The first-order valence-electron chi connectivity index (χ1n) is 8.03. The fourth-order valence-electron chi connectivity index (χ4n) is 3.05. The van der Waals surface area contributed by atoms with Crippen LogP contribution >= 0.6 is 0 Å². The van der Waals surface area contributed by atoms with Crippen molar-refractivity contribution in [2.75, 3.05) is 11.9 Å². The Morgan fingerprint density at radius 1 is 0.952 bits per heavy atom. The molecule has 1 heterocycles. The zero-order valence-electron chi connectivity index (χ0n) is 12.5. The quantitative estimate of drug-likeness (QED) is 0.875. The minimum atomic E-state index is 0.786. The molecule has 0 aliphatic heterocycles. The van der Waals surface area contributed by atoms with Gasteiger partial charge in [0.1, 0.15) is 0 Å². The van der Waals surface area contributed by atoms with E-state index in [-0.39, 0.29) is 0 Å². The van der Waals surface area contributed by atoms with Crippen molar-refractivity contribution >= 4 is 5.69 Å². The van der Waals surface area contributed by atoms with E-state index in [0.29, 0.717) is 0 Å². The smallest absolute Gasteiger partial charge is 0.159 e. The Morgan fingerprint density at radius 2 is 1.67 bits per heavy atom. The number of nitrogens with one attached hydrogen (secondary N) is 1. The van der Waals surface area contributed by atoms with Crippen LogP contribution in [-0.2, 0) is 0 Å². The highest BCUT2D eigenvalue weighted by atomic mass is 14.9. The highest BCUT2D eigenvalue weighted by molar-refractivity contribution is 5.55. The molecule has 1 N–H and O–H groups in total. The third kappa shape index (κ3) is 4.03. The van der Waals surface area contributed by atoms with Gasteiger partial charge in [-0.15, -0.1) is 0 Å². The number of nitrogens with zero attached hydrogens (tertiary/aromatic N) is 2. The second kappa shape index (κ2) is 7.21. The summed E-state index contributed by atoms with van der Waals surface area (Å²) in [7, 11) is 0. The van der Waals surface area contributed by atoms with Gasteiger partial charge in [0.05, 0.1) is 18.1 Å². The Labute approximate surface area is 126 Å². The highest BCUT2D eigenvalue weighted by Gasteiger charge is 2.12. The monoisotopic (exact) mass is 281 g/mol. The molecular weight excluding hydrogens is 258 g/mol. The lowest BCUT2D eigenvalue weighted by Crippen LogP contribution is -2.12. The molecule has 1 aromatic heterocycles. The van der Waals surface area contributed by atoms with Crippen LogP contribution in [0.5, 0.6) is 0 Å². The summed E-state index contributed by atoms with van der Waals surface area (Å²) in [5.74, 6) is 1.70. The van der Waals surface area contributed by atoms with E-state index in [4.69, 9.17) is 0 Å². The van der Waals surface area contributed by atoms with Crippen molar-refractivity contribution in [2.45, 2.75) is 38.5 Å². The fraction of sp³-hybridized carbons (Fsp3) is 0.444. The first-order valence-corrected chi connectivity index (χ1v) is 8.03. The molecule has 1 aromatic carbocycles. The van der Waals surface area contributed by atoms with E-state index < -0.39 is 0 Å². The normalized spacial score (nSPS) is 15.8. The van der Waals surface area contributed by atoms with Crippen LogP contribution in [0.3, 0.4) is 0 Å². The number of anilines is 1. The molecule has 2 aromatic rings. The number of hydrogen-bond acceptors (Lipinski definition) is 3. The lowest BCUT2D eigenvalue weighted by Gasteiger charge is -2.21. The fourth-order valence-corrected chi connectivity index (χ4v) is 3.05. The van der Waals surface area contributed by atoms with Gasteiger partial charge < -0.3 is 5.32 Å². The van der Waals surface area contributed by atoms with Crippen molar-refractivity contribution in [3.8, 4) is 11.4 Å². The molecule has 0 atom stereocenters. The molecule has 0 spiro atoms. The summed E-state index contributed by atoms with van der Waals surface area (Å²) in [5, 5.41) is 3.45. The number of hydrogen-bond donors (Lipinski definition) is 1. The molecule has 1 aliphatic rings. The zero-order valence-corrected chi connectivity index (χ0v) is 12.5. The highest BCUT2D eigenvalue weighted by Crippen LogP contribution is 2.26. The van der Waals surface area contributed by atoms with Crippen LogP contribution in [0.1, 0.15) is 38.5 Å². The molecule has 3 nitrogen and oxygen atoms in total. The van der Waals surface area contributed by atoms with Gasteiger partial charge >= 0.3 is 0 Å². The van der Waals surface area contributed by atoms with E-state index in [9.17, 15) is 0 Å². The minimum Gasteiger partial charge on any atom is -0.383 e. The van der Waals surface area contributed by atoms with Crippen molar-refractivity contribution in [3.05, 3.63) is 42.7 Å². The van der Waals surface area contributed by atoms with Crippen LogP contribution in [0, 0.1) is 5.92 Å². The second-order valence-corrected chi connectivity index (χ2v) is 5.88. The minimum absolute atomic E-state index is 0.786. The van der Waals surface area contributed by atoms with E-state index in [2.05, 4.69) is 15.3 Å². The number of benzene rings is 1. The molecule has 0 amide bonds. The maximum Gasteiger partial charge on any atom is 0.159 e. The molecule has 0 radical (unpaired) electrons. The van der Waals surface area contributed by atoms with Crippen LogP contribution in [0.15, 0.2) is 42.7 Å². The Kier molecular flexibility index (Phi) is 4.82. The number of rotatable bonds is 5. The van der Waals surface area contributed by atoms with E-state index in [1.165, 1.54) is 38.5 Å². The third-order valence-corrected chi connectivity index (χ3v) is 4.29. The predicted octanol–water partition coefficient (Wildman–Crippen LogP) is 4.53. The SMILES string of the molecule is c1ccc(-c2ncc(NCCC3CCCCC3)cn2)cc1. The second-order valence-electron chi connectivity index (χ2n) is 5.88. The third-order valence-electron chi connectivity index (χ3n) is 4.29. The zero-order chi connectivity index (χ0) is 14.3.